The highest BCUT2D eigenvalue weighted by molar-refractivity contribution is 4.85. The zero-order valence-corrected chi connectivity index (χ0v) is 8.22. The summed E-state index contributed by atoms with van der Waals surface area (Å²) in [5.74, 6) is 1.38. The van der Waals surface area contributed by atoms with Crippen LogP contribution >= 0.6 is 0 Å². The number of ether oxygens (including phenoxy) is 2. The molecule has 0 bridgehead atoms. The molecule has 0 aliphatic rings. The molecule has 0 aromatic heterocycles. The normalized spacial score (nSPS) is 7.25. The molecule has 0 saturated heterocycles. The van der Waals surface area contributed by atoms with Crippen molar-refractivity contribution in [3.63, 3.8) is 0 Å². The number of hydrogen-bond donors (Lipinski definition) is 0. The Bertz CT molecular complexity index is 136. The average Bonchev–Trinajstić information content (AvgIpc) is 1.87. The van der Waals surface area contributed by atoms with Crippen molar-refractivity contribution in [1.82, 2.24) is 0 Å². The molecule has 0 aliphatic carbocycles. The average molecular weight is 170 g/mol. The molecule has 0 atom stereocenters. The summed E-state index contributed by atoms with van der Waals surface area (Å²) in [5.41, 5.74) is 0. The first-order valence-corrected chi connectivity index (χ1v) is 3.76. The molecule has 0 heterocycles. The zero-order valence-electron chi connectivity index (χ0n) is 8.22. The summed E-state index contributed by atoms with van der Waals surface area (Å²) < 4.78 is 9.46. The van der Waals surface area contributed by atoms with Crippen LogP contribution in [0, 0.1) is 0 Å². The van der Waals surface area contributed by atoms with Crippen LogP contribution in [0.2, 0.25) is 0 Å². The van der Waals surface area contributed by atoms with Crippen molar-refractivity contribution < 1.29 is 9.47 Å². The van der Waals surface area contributed by atoms with Crippen molar-refractivity contribution >= 4 is 0 Å². The molecular formula is C10H18O2. The van der Waals surface area contributed by atoms with Gasteiger partial charge in [-0.05, 0) is 20.8 Å². The van der Waals surface area contributed by atoms with Gasteiger partial charge in [0.05, 0.1) is 24.4 Å². The maximum atomic E-state index is 4.86. The predicted molar refractivity (Wildman–Crippen MR) is 52.5 cm³/mol. The van der Waals surface area contributed by atoms with Gasteiger partial charge < -0.3 is 9.47 Å². The van der Waals surface area contributed by atoms with Crippen molar-refractivity contribution in [2.45, 2.75) is 20.8 Å². The van der Waals surface area contributed by atoms with Gasteiger partial charge in [0.15, 0.2) is 0 Å². The highest BCUT2D eigenvalue weighted by Gasteiger charge is 1.80. The molecule has 0 saturated carbocycles. The van der Waals surface area contributed by atoms with Crippen molar-refractivity contribution in [3.8, 4) is 0 Å². The van der Waals surface area contributed by atoms with Gasteiger partial charge in [-0.3, -0.25) is 0 Å². The van der Waals surface area contributed by atoms with Crippen LogP contribution in [0.1, 0.15) is 20.8 Å². The molecule has 0 amide bonds. The van der Waals surface area contributed by atoms with E-state index in [1.54, 1.807) is 13.8 Å². The van der Waals surface area contributed by atoms with E-state index in [0.717, 1.165) is 6.61 Å². The van der Waals surface area contributed by atoms with E-state index in [1.807, 2.05) is 6.92 Å². The summed E-state index contributed by atoms with van der Waals surface area (Å²) in [6, 6.07) is 0. The second-order valence-electron chi connectivity index (χ2n) is 2.13. The largest absolute Gasteiger partial charge is 0.502 e. The third-order valence-corrected chi connectivity index (χ3v) is 0.633. The molecule has 12 heavy (non-hydrogen) atoms. The van der Waals surface area contributed by atoms with E-state index in [0.29, 0.717) is 11.5 Å². The van der Waals surface area contributed by atoms with Gasteiger partial charge in [0.25, 0.3) is 0 Å². The van der Waals surface area contributed by atoms with E-state index < -0.39 is 0 Å². The van der Waals surface area contributed by atoms with Crippen LogP contribution in [0.5, 0.6) is 0 Å². The molecule has 2 nitrogen and oxygen atoms in total. The number of hydrogen-bond acceptors (Lipinski definition) is 2. The van der Waals surface area contributed by atoms with E-state index >= 15 is 0 Å². The summed E-state index contributed by atoms with van der Waals surface area (Å²) in [6.45, 7) is 16.6. The molecule has 0 rings (SSSR count). The molecule has 0 aromatic rings. The van der Waals surface area contributed by atoms with E-state index in [9.17, 15) is 0 Å². The lowest BCUT2D eigenvalue weighted by molar-refractivity contribution is 0.270. The minimum absolute atomic E-state index is 0.688. The summed E-state index contributed by atoms with van der Waals surface area (Å²) in [4.78, 5) is 0. The summed E-state index contributed by atoms with van der Waals surface area (Å²) in [5, 5.41) is 0. The van der Waals surface area contributed by atoms with Crippen LogP contribution in [0.15, 0.2) is 37.5 Å². The van der Waals surface area contributed by atoms with Crippen LogP contribution in [-0.4, -0.2) is 6.61 Å². The molecule has 2 heteroatoms. The highest BCUT2D eigenvalue weighted by Crippen LogP contribution is 1.97. The molecule has 0 N–H and O–H groups in total. The topological polar surface area (TPSA) is 18.5 Å². The van der Waals surface area contributed by atoms with Crippen molar-refractivity contribution in [2.24, 2.45) is 0 Å². The first kappa shape index (κ1) is 13.4. The molecular weight excluding hydrogens is 152 g/mol. The SMILES string of the molecule is C=C(C)OC(=C)C.C=COCC. The third-order valence-electron chi connectivity index (χ3n) is 0.633. The summed E-state index contributed by atoms with van der Waals surface area (Å²) >= 11 is 0. The zero-order chi connectivity index (χ0) is 9.98. The van der Waals surface area contributed by atoms with Gasteiger partial charge in [-0.1, -0.05) is 19.7 Å². The Morgan fingerprint density at radius 3 is 1.67 bits per heavy atom. The van der Waals surface area contributed by atoms with E-state index in [-0.39, 0.29) is 0 Å². The Kier molecular flexibility index (Phi) is 11.0. The second-order valence-corrected chi connectivity index (χ2v) is 2.13. The Hall–Kier alpha value is -1.18. The van der Waals surface area contributed by atoms with Gasteiger partial charge >= 0.3 is 0 Å². The van der Waals surface area contributed by atoms with Crippen LogP contribution in [0.4, 0.5) is 0 Å². The van der Waals surface area contributed by atoms with E-state index in [2.05, 4.69) is 24.5 Å². The molecule has 0 aromatic carbocycles. The fourth-order valence-corrected chi connectivity index (χ4v) is 0.415. The minimum atomic E-state index is 0.688. The fourth-order valence-electron chi connectivity index (χ4n) is 0.415. The Labute approximate surface area is 75.2 Å². The summed E-state index contributed by atoms with van der Waals surface area (Å²) in [6.07, 6.45) is 1.43. The van der Waals surface area contributed by atoms with Gasteiger partial charge in [-0.15, -0.1) is 0 Å². The molecule has 0 unspecified atom stereocenters. The molecule has 0 spiro atoms. The van der Waals surface area contributed by atoms with E-state index in [4.69, 9.17) is 4.74 Å². The van der Waals surface area contributed by atoms with E-state index in [1.165, 1.54) is 6.26 Å². The standard InChI is InChI=1S/C6H10O.C4H8O/c1-5(2)7-6(3)4;1-3-5-4-2/h1,3H2,2,4H3;3H,1,4H2,2H3. The predicted octanol–water partition coefficient (Wildman–Crippen LogP) is 3.24. The molecule has 0 aliphatic heterocycles. The Balaban J connectivity index is 0. The number of rotatable bonds is 4. The Morgan fingerprint density at radius 1 is 1.25 bits per heavy atom. The monoisotopic (exact) mass is 170 g/mol. The van der Waals surface area contributed by atoms with Gasteiger partial charge in [0.1, 0.15) is 0 Å². The lowest BCUT2D eigenvalue weighted by Crippen LogP contribution is -1.78. The molecule has 0 radical (unpaired) electrons. The lowest BCUT2D eigenvalue weighted by atomic mass is 10.6. The van der Waals surface area contributed by atoms with Crippen LogP contribution in [-0.2, 0) is 9.47 Å². The molecule has 0 fully saturated rings. The van der Waals surface area contributed by atoms with Crippen molar-refractivity contribution in [3.05, 3.63) is 37.5 Å². The third kappa shape index (κ3) is 23.2. The van der Waals surface area contributed by atoms with Crippen LogP contribution in [0.3, 0.4) is 0 Å². The second kappa shape index (κ2) is 9.82. The first-order valence-electron chi connectivity index (χ1n) is 3.76. The maximum Gasteiger partial charge on any atom is 0.0933 e. The summed E-state index contributed by atoms with van der Waals surface area (Å²) in [7, 11) is 0. The molecule has 70 valence electrons. The smallest absolute Gasteiger partial charge is 0.0933 e. The first-order chi connectivity index (χ1) is 5.54. The quantitative estimate of drug-likeness (QED) is 0.603. The van der Waals surface area contributed by atoms with Crippen LogP contribution in [0.25, 0.3) is 0 Å². The minimum Gasteiger partial charge on any atom is -0.502 e. The van der Waals surface area contributed by atoms with Gasteiger partial charge in [-0.2, -0.15) is 0 Å². The van der Waals surface area contributed by atoms with Gasteiger partial charge in [0, 0.05) is 0 Å². The Morgan fingerprint density at radius 2 is 1.67 bits per heavy atom. The number of allylic oxidation sites excluding steroid dienone is 2. The van der Waals surface area contributed by atoms with Gasteiger partial charge in [-0.25, -0.2) is 0 Å². The maximum absolute atomic E-state index is 4.86. The van der Waals surface area contributed by atoms with Gasteiger partial charge in [0.2, 0.25) is 0 Å². The van der Waals surface area contributed by atoms with Crippen LogP contribution < -0.4 is 0 Å². The lowest BCUT2D eigenvalue weighted by Gasteiger charge is -1.99. The highest BCUT2D eigenvalue weighted by atomic mass is 16.5. The van der Waals surface area contributed by atoms with Crippen molar-refractivity contribution in [1.29, 1.82) is 0 Å². The van der Waals surface area contributed by atoms with Crippen molar-refractivity contribution in [2.75, 3.05) is 6.61 Å². The fraction of sp³-hybridized carbons (Fsp3) is 0.400.